The lowest BCUT2D eigenvalue weighted by Gasteiger charge is -2.00. The Bertz CT molecular complexity index is 341. The Morgan fingerprint density at radius 3 is 2.86 bits per heavy atom. The monoisotopic (exact) mass is 199 g/mol. The molecule has 0 saturated carbocycles. The maximum atomic E-state index is 12.9. The molecular formula is C9H10FNO3. The van der Waals surface area contributed by atoms with Crippen molar-refractivity contribution >= 4 is 5.69 Å². The van der Waals surface area contributed by atoms with Crippen LogP contribution in [-0.4, -0.2) is 18.6 Å². The van der Waals surface area contributed by atoms with Gasteiger partial charge in [-0.25, -0.2) is 0 Å². The predicted molar refractivity (Wildman–Crippen MR) is 48.6 cm³/mol. The van der Waals surface area contributed by atoms with Crippen molar-refractivity contribution < 1.29 is 14.1 Å². The Balaban J connectivity index is 2.89. The molecule has 0 aliphatic carbocycles. The van der Waals surface area contributed by atoms with Crippen LogP contribution in [0.3, 0.4) is 0 Å². The van der Waals surface area contributed by atoms with Crippen LogP contribution in [0.4, 0.5) is 10.1 Å². The third-order valence-corrected chi connectivity index (χ3v) is 1.80. The summed E-state index contributed by atoms with van der Waals surface area (Å²) >= 11 is 0. The van der Waals surface area contributed by atoms with Gasteiger partial charge in [0.1, 0.15) is 0 Å². The van der Waals surface area contributed by atoms with Gasteiger partial charge in [-0.3, -0.25) is 10.1 Å². The molecule has 0 fully saturated rings. The summed E-state index contributed by atoms with van der Waals surface area (Å²) in [6, 6.07) is 3.85. The second-order valence-corrected chi connectivity index (χ2v) is 2.79. The zero-order valence-corrected chi connectivity index (χ0v) is 7.70. The molecule has 0 spiro atoms. The highest BCUT2D eigenvalue weighted by molar-refractivity contribution is 5.36. The van der Waals surface area contributed by atoms with E-state index in [2.05, 4.69) is 0 Å². The summed E-state index contributed by atoms with van der Waals surface area (Å²) in [4.78, 5) is 9.65. The Morgan fingerprint density at radius 1 is 1.57 bits per heavy atom. The van der Waals surface area contributed by atoms with Crippen LogP contribution >= 0.6 is 0 Å². The number of nitrogens with zero attached hydrogens (tertiary/aromatic N) is 1. The molecule has 1 aromatic carbocycles. The van der Waals surface area contributed by atoms with Crippen molar-refractivity contribution in [3.05, 3.63) is 39.7 Å². The summed E-state index contributed by atoms with van der Waals surface area (Å²) < 4.78 is 17.7. The topological polar surface area (TPSA) is 52.4 Å². The molecule has 4 nitrogen and oxygen atoms in total. The average Bonchev–Trinajstić information content (AvgIpc) is 2.16. The molecule has 0 atom stereocenters. The maximum Gasteiger partial charge on any atom is 0.305 e. The van der Waals surface area contributed by atoms with Gasteiger partial charge in [0.2, 0.25) is 5.82 Å². The van der Waals surface area contributed by atoms with Gasteiger partial charge in [0.05, 0.1) is 11.5 Å². The van der Waals surface area contributed by atoms with E-state index in [1.165, 1.54) is 19.2 Å². The minimum absolute atomic E-state index is 0.461. The van der Waals surface area contributed by atoms with E-state index in [1.54, 1.807) is 0 Å². The molecular weight excluding hydrogens is 189 g/mol. The zero-order chi connectivity index (χ0) is 10.6. The number of benzene rings is 1. The smallest absolute Gasteiger partial charge is 0.305 e. The SMILES string of the molecule is COCCc1ccc(F)c([N+](=O)[O-])c1. The molecule has 0 N–H and O–H groups in total. The molecule has 14 heavy (non-hydrogen) atoms. The minimum atomic E-state index is -0.809. The Kier molecular flexibility index (Phi) is 3.53. The van der Waals surface area contributed by atoms with E-state index in [0.717, 1.165) is 6.07 Å². The average molecular weight is 199 g/mol. The molecule has 1 aromatic rings. The number of ether oxygens (including phenoxy) is 1. The molecule has 0 unspecified atom stereocenters. The summed E-state index contributed by atoms with van der Waals surface area (Å²) in [5.74, 6) is -0.809. The fourth-order valence-electron chi connectivity index (χ4n) is 1.07. The van der Waals surface area contributed by atoms with Crippen molar-refractivity contribution in [2.24, 2.45) is 0 Å². The van der Waals surface area contributed by atoms with Crippen molar-refractivity contribution in [1.29, 1.82) is 0 Å². The molecule has 0 radical (unpaired) electrons. The van der Waals surface area contributed by atoms with Crippen molar-refractivity contribution in [2.75, 3.05) is 13.7 Å². The van der Waals surface area contributed by atoms with Crippen molar-refractivity contribution in [3.8, 4) is 0 Å². The number of nitro benzene ring substituents is 1. The van der Waals surface area contributed by atoms with Crippen LogP contribution in [0.25, 0.3) is 0 Å². The molecule has 0 bridgehead atoms. The first-order valence-electron chi connectivity index (χ1n) is 4.07. The fourth-order valence-corrected chi connectivity index (χ4v) is 1.07. The molecule has 0 aromatic heterocycles. The van der Waals surface area contributed by atoms with E-state index in [-0.39, 0.29) is 0 Å². The number of halogens is 1. The van der Waals surface area contributed by atoms with Crippen molar-refractivity contribution in [3.63, 3.8) is 0 Å². The van der Waals surface area contributed by atoms with Crippen LogP contribution in [0.1, 0.15) is 5.56 Å². The van der Waals surface area contributed by atoms with Gasteiger partial charge in [-0.1, -0.05) is 6.07 Å². The van der Waals surface area contributed by atoms with Gasteiger partial charge in [-0.15, -0.1) is 0 Å². The highest BCUT2D eigenvalue weighted by Gasteiger charge is 2.13. The number of hydrogen-bond acceptors (Lipinski definition) is 3. The standard InChI is InChI=1S/C9H10FNO3/c1-14-5-4-7-2-3-8(10)9(6-7)11(12)13/h2-3,6H,4-5H2,1H3. The van der Waals surface area contributed by atoms with Crippen LogP contribution in [0.5, 0.6) is 0 Å². The van der Waals surface area contributed by atoms with Gasteiger partial charge in [-0.05, 0) is 18.1 Å². The van der Waals surface area contributed by atoms with Crippen molar-refractivity contribution in [2.45, 2.75) is 6.42 Å². The van der Waals surface area contributed by atoms with Crippen LogP contribution < -0.4 is 0 Å². The number of rotatable bonds is 4. The number of methoxy groups -OCH3 is 1. The predicted octanol–water partition coefficient (Wildman–Crippen LogP) is 1.92. The number of nitro groups is 1. The normalized spacial score (nSPS) is 10.1. The molecule has 0 heterocycles. The summed E-state index contributed by atoms with van der Waals surface area (Å²) in [7, 11) is 1.54. The fraction of sp³-hybridized carbons (Fsp3) is 0.333. The van der Waals surface area contributed by atoms with E-state index in [4.69, 9.17) is 4.74 Å². The van der Waals surface area contributed by atoms with Crippen LogP contribution in [0, 0.1) is 15.9 Å². The first kappa shape index (κ1) is 10.6. The lowest BCUT2D eigenvalue weighted by molar-refractivity contribution is -0.387. The van der Waals surface area contributed by atoms with E-state index >= 15 is 0 Å². The van der Waals surface area contributed by atoms with Gasteiger partial charge in [0.15, 0.2) is 0 Å². The molecule has 0 aliphatic heterocycles. The van der Waals surface area contributed by atoms with Crippen molar-refractivity contribution in [1.82, 2.24) is 0 Å². The molecule has 0 amide bonds. The highest BCUT2D eigenvalue weighted by Crippen LogP contribution is 2.18. The van der Waals surface area contributed by atoms with Crippen LogP contribution in [0.15, 0.2) is 18.2 Å². The number of hydrogen-bond donors (Lipinski definition) is 0. The minimum Gasteiger partial charge on any atom is -0.384 e. The lowest BCUT2D eigenvalue weighted by Crippen LogP contribution is -1.98. The van der Waals surface area contributed by atoms with Gasteiger partial charge in [-0.2, -0.15) is 4.39 Å². The van der Waals surface area contributed by atoms with E-state index in [9.17, 15) is 14.5 Å². The largest absolute Gasteiger partial charge is 0.384 e. The second-order valence-electron chi connectivity index (χ2n) is 2.79. The summed E-state index contributed by atoms with van der Waals surface area (Å²) in [5, 5.41) is 10.4. The molecule has 76 valence electrons. The van der Waals surface area contributed by atoms with Crippen LogP contribution in [-0.2, 0) is 11.2 Å². The molecule has 5 heteroatoms. The van der Waals surface area contributed by atoms with E-state index in [1.807, 2.05) is 0 Å². The molecule has 1 rings (SSSR count). The maximum absolute atomic E-state index is 12.9. The van der Waals surface area contributed by atoms with E-state index < -0.39 is 16.4 Å². The third kappa shape index (κ3) is 2.50. The summed E-state index contributed by atoms with van der Waals surface area (Å²) in [6.45, 7) is 0.461. The zero-order valence-electron chi connectivity index (χ0n) is 7.70. The molecule has 0 saturated heterocycles. The Hall–Kier alpha value is -1.49. The Labute approximate surface area is 80.5 Å². The Morgan fingerprint density at radius 2 is 2.29 bits per heavy atom. The molecule has 0 aliphatic rings. The highest BCUT2D eigenvalue weighted by atomic mass is 19.1. The van der Waals surface area contributed by atoms with Gasteiger partial charge < -0.3 is 4.74 Å². The van der Waals surface area contributed by atoms with E-state index in [0.29, 0.717) is 18.6 Å². The van der Waals surface area contributed by atoms with Gasteiger partial charge >= 0.3 is 5.69 Å². The first-order chi connectivity index (χ1) is 6.65. The van der Waals surface area contributed by atoms with Gasteiger partial charge in [0.25, 0.3) is 0 Å². The summed E-state index contributed by atoms with van der Waals surface area (Å²) in [6.07, 6.45) is 0.539. The second kappa shape index (κ2) is 4.66. The quantitative estimate of drug-likeness (QED) is 0.549. The third-order valence-electron chi connectivity index (χ3n) is 1.80. The van der Waals surface area contributed by atoms with Crippen LogP contribution in [0.2, 0.25) is 0 Å². The van der Waals surface area contributed by atoms with Gasteiger partial charge in [0, 0.05) is 13.2 Å². The lowest BCUT2D eigenvalue weighted by atomic mass is 10.1. The summed E-state index contributed by atoms with van der Waals surface area (Å²) in [5.41, 5.74) is 0.207. The first-order valence-corrected chi connectivity index (χ1v) is 4.07.